The number of nitrogens with two attached hydrogens (primary N) is 1. The molecule has 0 spiro atoms. The molecule has 1 aromatic rings. The van der Waals surface area contributed by atoms with Crippen LogP contribution in [0.1, 0.15) is 5.56 Å². The average Bonchev–Trinajstić information content (AvgIpc) is 2.36. The summed E-state index contributed by atoms with van der Waals surface area (Å²) in [4.78, 5) is 0. The molecule has 0 fully saturated rings. The van der Waals surface area contributed by atoms with E-state index in [0.717, 1.165) is 12.3 Å². The molecule has 0 radical (unpaired) electrons. The van der Waals surface area contributed by atoms with Crippen LogP contribution in [-0.4, -0.2) is 41.1 Å². The van der Waals surface area contributed by atoms with Gasteiger partial charge in [-0.05, 0) is 18.2 Å². The number of benzene rings is 1. The maximum absolute atomic E-state index is 13.7. The van der Waals surface area contributed by atoms with Gasteiger partial charge in [-0.1, -0.05) is 11.8 Å². The van der Waals surface area contributed by atoms with E-state index in [1.807, 2.05) is 4.72 Å². The third kappa shape index (κ3) is 6.57. The average molecular weight is 334 g/mol. The monoisotopic (exact) mass is 334 g/mol. The molecule has 0 aliphatic heterocycles. The lowest BCUT2D eigenvalue weighted by Crippen LogP contribution is -2.22. The lowest BCUT2D eigenvalue weighted by Gasteiger charge is -2.08. The van der Waals surface area contributed by atoms with E-state index in [4.69, 9.17) is 5.73 Å². The van der Waals surface area contributed by atoms with Gasteiger partial charge in [-0.3, -0.25) is 4.72 Å². The van der Waals surface area contributed by atoms with Crippen LogP contribution in [0.3, 0.4) is 0 Å². The smallest absolute Gasteiger partial charge is 0.233 e. The first kappa shape index (κ1) is 17.4. The summed E-state index contributed by atoms with van der Waals surface area (Å²) in [5.41, 5.74) is 5.28. The van der Waals surface area contributed by atoms with Gasteiger partial charge in [0.2, 0.25) is 10.0 Å². The first-order chi connectivity index (χ1) is 9.63. The van der Waals surface area contributed by atoms with Crippen LogP contribution < -0.4 is 10.5 Å². The Kier molecular flexibility index (Phi) is 5.71. The van der Waals surface area contributed by atoms with E-state index in [-0.39, 0.29) is 12.2 Å². The van der Waals surface area contributed by atoms with Gasteiger partial charge in [0.25, 0.3) is 0 Å². The summed E-state index contributed by atoms with van der Waals surface area (Å²) in [5.74, 6) is 3.17. The normalized spacial score (nSPS) is 11.6. The summed E-state index contributed by atoms with van der Waals surface area (Å²) in [6, 6.07) is 3.71. The minimum atomic E-state index is -3.95. The van der Waals surface area contributed by atoms with Gasteiger partial charge >= 0.3 is 0 Å². The van der Waals surface area contributed by atoms with Gasteiger partial charge < -0.3 is 5.73 Å². The molecular formula is C12H15FN2O4S2. The Hall–Kier alpha value is -1.63. The third-order valence-electron chi connectivity index (χ3n) is 2.29. The van der Waals surface area contributed by atoms with Crippen molar-refractivity contribution in [2.24, 2.45) is 5.73 Å². The molecule has 0 bridgehead atoms. The van der Waals surface area contributed by atoms with Gasteiger partial charge in [0.1, 0.15) is 15.7 Å². The third-order valence-corrected chi connectivity index (χ3v) is 4.77. The standard InChI is InChI=1S/C12H15FN2O4S2/c1-20(16,17)7-8-21(18,19)15-12-5-4-10(3-2-6-14)9-11(12)13/h4-5,9,15H,6-8,14H2,1H3. The van der Waals surface area contributed by atoms with Gasteiger partial charge in [0.15, 0.2) is 0 Å². The van der Waals surface area contributed by atoms with Gasteiger partial charge in [-0.15, -0.1) is 0 Å². The zero-order valence-corrected chi connectivity index (χ0v) is 12.9. The lowest BCUT2D eigenvalue weighted by atomic mass is 10.2. The predicted molar refractivity (Wildman–Crippen MR) is 79.5 cm³/mol. The van der Waals surface area contributed by atoms with E-state index in [0.29, 0.717) is 5.56 Å². The number of anilines is 1. The number of sulfone groups is 1. The maximum atomic E-state index is 13.7. The minimum absolute atomic E-state index is 0.126. The predicted octanol–water partition coefficient (Wildman–Crippen LogP) is -0.0778. The van der Waals surface area contributed by atoms with Crippen molar-refractivity contribution in [3.63, 3.8) is 0 Å². The van der Waals surface area contributed by atoms with Crippen LogP contribution in [0.15, 0.2) is 18.2 Å². The molecule has 0 saturated heterocycles. The molecule has 1 rings (SSSR count). The molecular weight excluding hydrogens is 319 g/mol. The summed E-state index contributed by atoms with van der Waals surface area (Å²) in [6.07, 6.45) is 0.925. The first-order valence-electron chi connectivity index (χ1n) is 5.80. The van der Waals surface area contributed by atoms with E-state index >= 15 is 0 Å². The Morgan fingerprint density at radius 1 is 1.24 bits per heavy atom. The van der Waals surface area contributed by atoms with E-state index in [1.54, 1.807) is 0 Å². The SMILES string of the molecule is CS(=O)(=O)CCS(=O)(=O)Nc1ccc(C#CCN)cc1F. The van der Waals surface area contributed by atoms with Crippen LogP contribution in [0.25, 0.3) is 0 Å². The summed E-state index contributed by atoms with van der Waals surface area (Å²) < 4.78 is 61.0. The van der Waals surface area contributed by atoms with Crippen molar-refractivity contribution < 1.29 is 21.2 Å². The summed E-state index contributed by atoms with van der Waals surface area (Å²) >= 11 is 0. The molecule has 0 aliphatic carbocycles. The van der Waals surface area contributed by atoms with Crippen LogP contribution >= 0.6 is 0 Å². The van der Waals surface area contributed by atoms with Crippen LogP contribution in [0.2, 0.25) is 0 Å². The fourth-order valence-electron chi connectivity index (χ4n) is 1.31. The van der Waals surface area contributed by atoms with Crippen molar-refractivity contribution in [3.05, 3.63) is 29.6 Å². The highest BCUT2D eigenvalue weighted by Gasteiger charge is 2.16. The fourth-order valence-corrected chi connectivity index (χ4v) is 4.00. The Morgan fingerprint density at radius 2 is 1.90 bits per heavy atom. The molecule has 3 N–H and O–H groups in total. The van der Waals surface area contributed by atoms with E-state index < -0.39 is 37.2 Å². The number of hydrogen-bond acceptors (Lipinski definition) is 5. The van der Waals surface area contributed by atoms with Gasteiger partial charge in [-0.2, -0.15) is 0 Å². The largest absolute Gasteiger partial charge is 0.320 e. The van der Waals surface area contributed by atoms with Crippen molar-refractivity contribution in [2.45, 2.75) is 0 Å². The summed E-state index contributed by atoms with van der Waals surface area (Å²) in [7, 11) is -7.37. The molecule has 9 heteroatoms. The van der Waals surface area contributed by atoms with Crippen molar-refractivity contribution >= 4 is 25.5 Å². The molecule has 6 nitrogen and oxygen atoms in total. The second-order valence-corrected chi connectivity index (χ2v) is 8.35. The molecule has 0 saturated carbocycles. The van der Waals surface area contributed by atoms with E-state index in [2.05, 4.69) is 11.8 Å². The van der Waals surface area contributed by atoms with Gasteiger partial charge in [0.05, 0.1) is 23.7 Å². The summed E-state index contributed by atoms with van der Waals surface area (Å²) in [6.45, 7) is 0.126. The number of hydrogen-bond donors (Lipinski definition) is 2. The van der Waals surface area contributed by atoms with E-state index in [1.165, 1.54) is 12.1 Å². The van der Waals surface area contributed by atoms with Crippen molar-refractivity contribution in [3.8, 4) is 11.8 Å². The highest BCUT2D eigenvalue weighted by Crippen LogP contribution is 2.17. The molecule has 0 aliphatic rings. The zero-order chi connectivity index (χ0) is 16.1. The second kappa shape index (κ2) is 6.89. The topological polar surface area (TPSA) is 106 Å². The van der Waals surface area contributed by atoms with Crippen LogP contribution in [0, 0.1) is 17.7 Å². The molecule has 0 unspecified atom stereocenters. The molecule has 0 atom stereocenters. The minimum Gasteiger partial charge on any atom is -0.320 e. The number of halogens is 1. The Morgan fingerprint density at radius 3 is 2.43 bits per heavy atom. The lowest BCUT2D eigenvalue weighted by molar-refractivity contribution is 0.592. The quantitative estimate of drug-likeness (QED) is 0.733. The van der Waals surface area contributed by atoms with Crippen LogP contribution in [-0.2, 0) is 19.9 Å². The Labute approximate surface area is 123 Å². The van der Waals surface area contributed by atoms with Crippen molar-refractivity contribution in [2.75, 3.05) is 29.0 Å². The molecule has 116 valence electrons. The van der Waals surface area contributed by atoms with Crippen LogP contribution in [0.4, 0.5) is 10.1 Å². The summed E-state index contributed by atoms with van der Waals surface area (Å²) in [5, 5.41) is 0. The second-order valence-electron chi connectivity index (χ2n) is 4.25. The Bertz CT molecular complexity index is 777. The first-order valence-corrected chi connectivity index (χ1v) is 9.51. The van der Waals surface area contributed by atoms with Crippen molar-refractivity contribution in [1.82, 2.24) is 0 Å². The highest BCUT2D eigenvalue weighted by molar-refractivity contribution is 7.95. The van der Waals surface area contributed by atoms with Gasteiger partial charge in [-0.25, -0.2) is 21.2 Å². The number of sulfonamides is 1. The zero-order valence-electron chi connectivity index (χ0n) is 11.3. The highest BCUT2D eigenvalue weighted by atomic mass is 32.2. The van der Waals surface area contributed by atoms with Crippen LogP contribution in [0.5, 0.6) is 0 Å². The number of nitrogens with one attached hydrogen (secondary N) is 1. The molecule has 0 heterocycles. The van der Waals surface area contributed by atoms with Gasteiger partial charge in [0, 0.05) is 11.8 Å². The number of rotatable bonds is 5. The molecule has 0 amide bonds. The Balaban J connectivity index is 2.88. The molecule has 0 aromatic heterocycles. The van der Waals surface area contributed by atoms with Crippen molar-refractivity contribution in [1.29, 1.82) is 0 Å². The molecule has 1 aromatic carbocycles. The molecule has 21 heavy (non-hydrogen) atoms. The maximum Gasteiger partial charge on any atom is 0.233 e. The van der Waals surface area contributed by atoms with E-state index in [9.17, 15) is 21.2 Å². The fraction of sp³-hybridized carbons (Fsp3) is 0.333.